The van der Waals surface area contributed by atoms with Crippen molar-refractivity contribution in [1.82, 2.24) is 9.47 Å². The molecule has 4 rings (SSSR count). The molecule has 230 valence electrons. The number of carbonyl (C=O) groups excluding carboxylic acids is 1. The van der Waals surface area contributed by atoms with Crippen LogP contribution in [0.1, 0.15) is 76.0 Å². The molecule has 0 aliphatic carbocycles. The van der Waals surface area contributed by atoms with Crippen LogP contribution in [0.15, 0.2) is 34.0 Å². The molecule has 1 atom stereocenters. The zero-order valence-electron chi connectivity index (χ0n) is 25.7. The summed E-state index contributed by atoms with van der Waals surface area (Å²) < 4.78 is 15.8. The number of pyridine rings is 1. The molecule has 0 spiro atoms. The molecule has 0 radical (unpaired) electrons. The first-order valence-electron chi connectivity index (χ1n) is 15.4. The van der Waals surface area contributed by atoms with Crippen molar-refractivity contribution in [2.24, 2.45) is 5.92 Å². The Labute approximate surface area is 264 Å². The molecular formula is C33H42FN5O2S2. The Morgan fingerprint density at radius 1 is 1.05 bits per heavy atom. The van der Waals surface area contributed by atoms with Gasteiger partial charge in [0.25, 0.3) is 11.5 Å². The van der Waals surface area contributed by atoms with Gasteiger partial charge in [-0.3, -0.25) is 19.1 Å². The number of nitriles is 1. The SMILES string of the molecule is CCCCC(CC)CN1C(=O)/C(=C\c2c(C)c(C#N)c(=O)n(CCCC)c2N2CCN(c3ccc(F)cc3)CC2)SC1=S. The number of thioether (sulfide) groups is 1. The van der Waals surface area contributed by atoms with E-state index in [2.05, 4.69) is 36.6 Å². The highest BCUT2D eigenvalue weighted by Crippen LogP contribution is 2.37. The van der Waals surface area contributed by atoms with E-state index in [0.717, 1.165) is 55.6 Å². The number of piperazine rings is 1. The third kappa shape index (κ3) is 7.32. The lowest BCUT2D eigenvalue weighted by Gasteiger charge is -2.39. The van der Waals surface area contributed by atoms with Crippen LogP contribution in [0.5, 0.6) is 0 Å². The van der Waals surface area contributed by atoms with E-state index in [-0.39, 0.29) is 22.8 Å². The van der Waals surface area contributed by atoms with Gasteiger partial charge >= 0.3 is 0 Å². The van der Waals surface area contributed by atoms with Crippen LogP contribution >= 0.6 is 24.0 Å². The van der Waals surface area contributed by atoms with Crippen LogP contribution in [0.2, 0.25) is 0 Å². The van der Waals surface area contributed by atoms with Gasteiger partial charge in [0.05, 0.1) is 4.91 Å². The highest BCUT2D eigenvalue weighted by molar-refractivity contribution is 8.26. The first-order valence-corrected chi connectivity index (χ1v) is 16.6. The van der Waals surface area contributed by atoms with E-state index >= 15 is 0 Å². The van der Waals surface area contributed by atoms with Crippen LogP contribution in [-0.2, 0) is 11.3 Å². The number of carbonyl (C=O) groups is 1. The van der Waals surface area contributed by atoms with Gasteiger partial charge < -0.3 is 9.80 Å². The maximum absolute atomic E-state index is 13.7. The number of hydrogen-bond acceptors (Lipinski definition) is 7. The Hall–Kier alpha value is -3.16. The summed E-state index contributed by atoms with van der Waals surface area (Å²) in [6.45, 7) is 11.9. The molecule has 43 heavy (non-hydrogen) atoms. The number of unbranched alkanes of at least 4 members (excludes halogenated alkanes) is 2. The molecule has 2 aromatic rings. The summed E-state index contributed by atoms with van der Waals surface area (Å²) in [6, 6.07) is 8.65. The van der Waals surface area contributed by atoms with Crippen LogP contribution in [0.4, 0.5) is 15.9 Å². The second-order valence-electron chi connectivity index (χ2n) is 11.3. The standard InChI is InChI=1S/C33H42FN5O2S2/c1-5-8-10-24(7-3)22-39-32(41)29(43-33(39)42)20-27-23(4)28(21-35)31(40)38(15-9-6-2)30(27)37-18-16-36(17-19-37)26-13-11-25(34)12-14-26/h11-14,20,24H,5-10,15-19,22H2,1-4H3/b29-20+. The molecule has 2 aliphatic rings. The number of nitrogens with zero attached hydrogens (tertiary/aromatic N) is 5. The third-order valence-electron chi connectivity index (χ3n) is 8.49. The minimum absolute atomic E-state index is 0.108. The smallest absolute Gasteiger partial charge is 0.270 e. The molecule has 1 aromatic carbocycles. The van der Waals surface area contributed by atoms with E-state index in [0.29, 0.717) is 60.0 Å². The van der Waals surface area contributed by atoms with E-state index in [1.165, 1.54) is 23.9 Å². The topological polar surface area (TPSA) is 72.6 Å². The first-order chi connectivity index (χ1) is 20.7. The fourth-order valence-electron chi connectivity index (χ4n) is 5.80. The Morgan fingerprint density at radius 2 is 1.70 bits per heavy atom. The average molecular weight is 624 g/mol. The average Bonchev–Trinajstić information content (AvgIpc) is 3.27. The van der Waals surface area contributed by atoms with Crippen molar-refractivity contribution in [3.05, 3.63) is 62.0 Å². The van der Waals surface area contributed by atoms with Crippen molar-refractivity contribution in [1.29, 1.82) is 5.26 Å². The van der Waals surface area contributed by atoms with Crippen molar-refractivity contribution in [3.8, 4) is 6.07 Å². The quantitative estimate of drug-likeness (QED) is 0.192. The van der Waals surface area contributed by atoms with Gasteiger partial charge in [0.2, 0.25) is 0 Å². The number of anilines is 2. The summed E-state index contributed by atoms with van der Waals surface area (Å²) in [5.41, 5.74) is 2.07. The van der Waals surface area contributed by atoms with E-state index in [9.17, 15) is 19.2 Å². The molecule has 3 heterocycles. The van der Waals surface area contributed by atoms with E-state index in [1.807, 2.05) is 6.08 Å². The van der Waals surface area contributed by atoms with Gasteiger partial charge in [-0.1, -0.05) is 70.4 Å². The molecule has 1 aromatic heterocycles. The highest BCUT2D eigenvalue weighted by atomic mass is 32.2. The second kappa shape index (κ2) is 15.0. The number of rotatable bonds is 12. The van der Waals surface area contributed by atoms with Gasteiger partial charge in [-0.25, -0.2) is 4.39 Å². The molecule has 2 saturated heterocycles. The van der Waals surface area contributed by atoms with E-state index in [1.54, 1.807) is 28.5 Å². The Balaban J connectivity index is 1.73. The fraction of sp³-hybridized carbons (Fsp3) is 0.515. The molecule has 0 saturated carbocycles. The second-order valence-corrected chi connectivity index (χ2v) is 13.0. The normalized spacial score (nSPS) is 17.2. The molecule has 0 bridgehead atoms. The van der Waals surface area contributed by atoms with E-state index < -0.39 is 0 Å². The van der Waals surface area contributed by atoms with Crippen LogP contribution in [0.3, 0.4) is 0 Å². The summed E-state index contributed by atoms with van der Waals surface area (Å²) in [6.07, 6.45) is 7.81. The van der Waals surface area contributed by atoms with Crippen molar-refractivity contribution < 1.29 is 9.18 Å². The molecule has 1 unspecified atom stereocenters. The molecule has 10 heteroatoms. The lowest BCUT2D eigenvalue weighted by molar-refractivity contribution is -0.122. The van der Waals surface area contributed by atoms with Gasteiger partial charge in [-0.15, -0.1) is 0 Å². The number of benzene rings is 1. The zero-order chi connectivity index (χ0) is 31.1. The fourth-order valence-corrected chi connectivity index (χ4v) is 7.06. The summed E-state index contributed by atoms with van der Waals surface area (Å²) in [7, 11) is 0. The van der Waals surface area contributed by atoms with Crippen LogP contribution in [0.25, 0.3) is 6.08 Å². The number of thiocarbonyl (C=S) groups is 1. The monoisotopic (exact) mass is 623 g/mol. The molecule has 2 fully saturated rings. The minimum atomic E-state index is -0.296. The summed E-state index contributed by atoms with van der Waals surface area (Å²) in [5, 5.41) is 10.0. The Kier molecular flexibility index (Phi) is 11.4. The molecule has 0 N–H and O–H groups in total. The lowest BCUT2D eigenvalue weighted by Crippen LogP contribution is -2.48. The Morgan fingerprint density at radius 3 is 2.30 bits per heavy atom. The van der Waals surface area contributed by atoms with Gasteiger partial charge in [-0.05, 0) is 61.6 Å². The predicted molar refractivity (Wildman–Crippen MR) is 179 cm³/mol. The van der Waals surface area contributed by atoms with Gasteiger partial charge in [0.1, 0.15) is 27.6 Å². The largest absolute Gasteiger partial charge is 0.368 e. The van der Waals surface area contributed by atoms with Crippen molar-refractivity contribution in [3.63, 3.8) is 0 Å². The van der Waals surface area contributed by atoms with Crippen molar-refractivity contribution in [2.45, 2.75) is 72.8 Å². The molecular weight excluding hydrogens is 582 g/mol. The summed E-state index contributed by atoms with van der Waals surface area (Å²) in [4.78, 5) is 34.0. The maximum Gasteiger partial charge on any atom is 0.270 e. The number of aromatic nitrogens is 1. The maximum atomic E-state index is 13.7. The van der Waals surface area contributed by atoms with Crippen LogP contribution in [-0.4, -0.2) is 52.4 Å². The number of hydrogen-bond donors (Lipinski definition) is 0. The third-order valence-corrected chi connectivity index (χ3v) is 9.86. The highest BCUT2D eigenvalue weighted by Gasteiger charge is 2.34. The lowest BCUT2D eigenvalue weighted by atomic mass is 9.99. The summed E-state index contributed by atoms with van der Waals surface area (Å²) >= 11 is 6.98. The number of amides is 1. The molecule has 2 aliphatic heterocycles. The molecule has 1 amide bonds. The predicted octanol–water partition coefficient (Wildman–Crippen LogP) is 6.71. The van der Waals surface area contributed by atoms with Crippen molar-refractivity contribution in [2.75, 3.05) is 42.5 Å². The molecule has 7 nitrogen and oxygen atoms in total. The first kappa shape index (κ1) is 32.7. The van der Waals surface area contributed by atoms with Gasteiger partial charge in [0, 0.05) is 50.5 Å². The van der Waals surface area contributed by atoms with Gasteiger partial charge in [0.15, 0.2) is 0 Å². The van der Waals surface area contributed by atoms with E-state index in [4.69, 9.17) is 12.2 Å². The van der Waals surface area contributed by atoms with Crippen LogP contribution in [0, 0.1) is 30.0 Å². The summed E-state index contributed by atoms with van der Waals surface area (Å²) in [5.74, 6) is 0.754. The van der Waals surface area contributed by atoms with Crippen molar-refractivity contribution >= 4 is 51.8 Å². The Bertz CT molecular complexity index is 1460. The number of halogens is 1. The zero-order valence-corrected chi connectivity index (χ0v) is 27.3. The van der Waals surface area contributed by atoms with Gasteiger partial charge in [-0.2, -0.15) is 5.26 Å². The van der Waals surface area contributed by atoms with Crippen LogP contribution < -0.4 is 15.4 Å². The minimum Gasteiger partial charge on any atom is -0.368 e.